The number of carbonyl (C=O) groups excluding carboxylic acids is 1. The summed E-state index contributed by atoms with van der Waals surface area (Å²) in [4.78, 5) is 12.9. The van der Waals surface area contributed by atoms with Crippen molar-refractivity contribution in [2.75, 3.05) is 12.4 Å². The molecule has 0 fully saturated rings. The predicted molar refractivity (Wildman–Crippen MR) is 103 cm³/mol. The fourth-order valence-electron chi connectivity index (χ4n) is 3.19. The van der Waals surface area contributed by atoms with Gasteiger partial charge in [0.25, 0.3) is 5.91 Å². The van der Waals surface area contributed by atoms with Gasteiger partial charge in [0.05, 0.1) is 41.2 Å². The van der Waals surface area contributed by atoms with E-state index in [1.807, 2.05) is 18.2 Å². The maximum Gasteiger partial charge on any atom is 0.260 e. The smallest absolute Gasteiger partial charge is 0.260 e. The van der Waals surface area contributed by atoms with Crippen LogP contribution in [0.25, 0.3) is 16.6 Å². The number of benzene rings is 2. The van der Waals surface area contributed by atoms with Gasteiger partial charge in [-0.3, -0.25) is 9.48 Å². The van der Waals surface area contributed by atoms with Gasteiger partial charge in [0.2, 0.25) is 0 Å². The highest BCUT2D eigenvalue weighted by Gasteiger charge is 2.20. The average Bonchev–Trinajstić information content (AvgIpc) is 3.23. The van der Waals surface area contributed by atoms with E-state index in [1.54, 1.807) is 42.6 Å². The largest absolute Gasteiger partial charge is 0.496 e. The number of aromatic nitrogens is 4. The highest BCUT2D eigenvalue weighted by molar-refractivity contribution is 6.09. The molecule has 7 nitrogen and oxygen atoms in total. The number of methoxy groups -OCH3 is 1. The fourth-order valence-corrected chi connectivity index (χ4v) is 3.19. The molecule has 1 amide bonds. The summed E-state index contributed by atoms with van der Waals surface area (Å²) in [6, 6.07) is 11.5. The lowest BCUT2D eigenvalue weighted by atomic mass is 10.2. The van der Waals surface area contributed by atoms with Crippen LogP contribution < -0.4 is 10.1 Å². The molecule has 0 radical (unpaired) electrons. The van der Waals surface area contributed by atoms with Crippen LogP contribution in [0.3, 0.4) is 0 Å². The number of ether oxygens (including phenoxy) is 1. The van der Waals surface area contributed by atoms with Crippen LogP contribution in [-0.4, -0.2) is 32.6 Å². The molecule has 28 heavy (non-hydrogen) atoms. The second-order valence-corrected chi connectivity index (χ2v) is 6.31. The zero-order valence-electron chi connectivity index (χ0n) is 15.6. The number of anilines is 1. The van der Waals surface area contributed by atoms with E-state index in [2.05, 4.69) is 15.5 Å². The SMILES string of the molecule is COc1cccc2c1c(NC(=O)c1cnn(-c3ccc(F)cc3)c1C)nn2C. The molecule has 0 unspecified atom stereocenters. The number of hydrogen-bond acceptors (Lipinski definition) is 4. The Balaban J connectivity index is 1.69. The number of rotatable bonds is 4. The number of aryl methyl sites for hydroxylation is 1. The van der Waals surface area contributed by atoms with Crippen LogP contribution >= 0.6 is 0 Å². The Morgan fingerprint density at radius 2 is 1.93 bits per heavy atom. The van der Waals surface area contributed by atoms with E-state index in [1.165, 1.54) is 18.3 Å². The lowest BCUT2D eigenvalue weighted by molar-refractivity contribution is 0.102. The number of nitrogens with one attached hydrogen (secondary N) is 1. The lowest BCUT2D eigenvalue weighted by Crippen LogP contribution is -2.14. The van der Waals surface area contributed by atoms with Gasteiger partial charge >= 0.3 is 0 Å². The van der Waals surface area contributed by atoms with E-state index >= 15 is 0 Å². The zero-order chi connectivity index (χ0) is 19.8. The number of halogens is 1. The quantitative estimate of drug-likeness (QED) is 0.589. The topological polar surface area (TPSA) is 74.0 Å². The molecule has 0 aliphatic heterocycles. The molecule has 0 spiro atoms. The Hall–Kier alpha value is -3.68. The summed E-state index contributed by atoms with van der Waals surface area (Å²) in [6.45, 7) is 1.78. The molecule has 0 atom stereocenters. The molecule has 142 valence electrons. The predicted octanol–water partition coefficient (Wildman–Crippen LogP) is 3.47. The van der Waals surface area contributed by atoms with E-state index in [9.17, 15) is 9.18 Å². The minimum atomic E-state index is -0.336. The van der Waals surface area contributed by atoms with E-state index in [-0.39, 0.29) is 11.7 Å². The second-order valence-electron chi connectivity index (χ2n) is 6.31. The molecule has 2 heterocycles. The van der Waals surface area contributed by atoms with Crippen molar-refractivity contribution in [1.29, 1.82) is 0 Å². The van der Waals surface area contributed by atoms with Crippen LogP contribution in [0, 0.1) is 12.7 Å². The van der Waals surface area contributed by atoms with Crippen molar-refractivity contribution in [3.05, 3.63) is 65.7 Å². The van der Waals surface area contributed by atoms with Crippen molar-refractivity contribution in [2.24, 2.45) is 7.05 Å². The molecule has 4 rings (SSSR count). The van der Waals surface area contributed by atoms with Gasteiger partial charge in [-0.05, 0) is 43.3 Å². The summed E-state index contributed by atoms with van der Waals surface area (Å²) < 4.78 is 21.8. The summed E-state index contributed by atoms with van der Waals surface area (Å²) in [5.74, 6) is 0.368. The van der Waals surface area contributed by atoms with Crippen LogP contribution in [-0.2, 0) is 7.05 Å². The average molecular weight is 379 g/mol. The molecule has 0 aliphatic carbocycles. The second kappa shape index (κ2) is 6.80. The first-order valence-electron chi connectivity index (χ1n) is 8.61. The molecule has 0 saturated heterocycles. The molecular weight excluding hydrogens is 361 g/mol. The lowest BCUT2D eigenvalue weighted by Gasteiger charge is -2.07. The maximum absolute atomic E-state index is 13.2. The van der Waals surface area contributed by atoms with Gasteiger partial charge in [0, 0.05) is 7.05 Å². The summed E-state index contributed by atoms with van der Waals surface area (Å²) in [5, 5.41) is 12.2. The molecule has 2 aromatic heterocycles. The number of hydrogen-bond donors (Lipinski definition) is 1. The van der Waals surface area contributed by atoms with Crippen molar-refractivity contribution in [2.45, 2.75) is 6.92 Å². The van der Waals surface area contributed by atoms with Gasteiger partial charge in [-0.25, -0.2) is 9.07 Å². The Morgan fingerprint density at radius 1 is 1.18 bits per heavy atom. The molecule has 8 heteroatoms. The van der Waals surface area contributed by atoms with Crippen LogP contribution in [0.1, 0.15) is 16.1 Å². The molecule has 0 aliphatic rings. The first-order valence-corrected chi connectivity index (χ1v) is 8.61. The molecule has 4 aromatic rings. The highest BCUT2D eigenvalue weighted by atomic mass is 19.1. The van der Waals surface area contributed by atoms with Crippen molar-refractivity contribution in [3.63, 3.8) is 0 Å². The number of carbonyl (C=O) groups is 1. The highest BCUT2D eigenvalue weighted by Crippen LogP contribution is 2.32. The van der Waals surface area contributed by atoms with Gasteiger partial charge in [-0.15, -0.1) is 0 Å². The van der Waals surface area contributed by atoms with E-state index in [4.69, 9.17) is 4.74 Å². The standard InChI is InChI=1S/C20H18FN5O2/c1-12-15(11-22-26(12)14-9-7-13(21)8-10-14)20(27)23-19-18-16(25(2)24-19)5-4-6-17(18)28-3/h4-11H,1-3H3,(H,23,24,27). The van der Waals surface area contributed by atoms with Gasteiger partial charge in [-0.2, -0.15) is 10.2 Å². The number of amides is 1. The third-order valence-corrected chi connectivity index (χ3v) is 4.62. The maximum atomic E-state index is 13.2. The third kappa shape index (κ3) is 2.88. The summed E-state index contributed by atoms with van der Waals surface area (Å²) in [6.07, 6.45) is 1.48. The van der Waals surface area contributed by atoms with Crippen molar-refractivity contribution in [1.82, 2.24) is 19.6 Å². The van der Waals surface area contributed by atoms with Gasteiger partial charge in [-0.1, -0.05) is 6.07 Å². The van der Waals surface area contributed by atoms with Crippen molar-refractivity contribution in [3.8, 4) is 11.4 Å². The summed E-state index contributed by atoms with van der Waals surface area (Å²) in [5.41, 5.74) is 2.55. The third-order valence-electron chi connectivity index (χ3n) is 4.62. The molecule has 1 N–H and O–H groups in total. The normalized spacial score (nSPS) is 11.0. The first kappa shape index (κ1) is 17.7. The monoisotopic (exact) mass is 379 g/mol. The van der Waals surface area contributed by atoms with Gasteiger partial charge in [0.15, 0.2) is 5.82 Å². The van der Waals surface area contributed by atoms with Crippen LogP contribution in [0.5, 0.6) is 5.75 Å². The number of fused-ring (bicyclic) bond motifs is 1. The fraction of sp³-hybridized carbons (Fsp3) is 0.150. The molecular formula is C20H18FN5O2. The van der Waals surface area contributed by atoms with Crippen LogP contribution in [0.4, 0.5) is 10.2 Å². The molecule has 2 aromatic carbocycles. The summed E-state index contributed by atoms with van der Waals surface area (Å²) >= 11 is 0. The van der Waals surface area contributed by atoms with Gasteiger partial charge < -0.3 is 10.1 Å². The van der Waals surface area contributed by atoms with Crippen LogP contribution in [0.15, 0.2) is 48.7 Å². The Bertz CT molecular complexity index is 1180. The van der Waals surface area contributed by atoms with Crippen LogP contribution in [0.2, 0.25) is 0 Å². The Kier molecular flexibility index (Phi) is 4.31. The van der Waals surface area contributed by atoms with Crippen molar-refractivity contribution < 1.29 is 13.9 Å². The minimum Gasteiger partial charge on any atom is -0.496 e. The summed E-state index contributed by atoms with van der Waals surface area (Å²) in [7, 11) is 3.37. The van der Waals surface area contributed by atoms with Gasteiger partial charge in [0.1, 0.15) is 11.6 Å². The Labute approximate surface area is 160 Å². The molecule has 0 bridgehead atoms. The van der Waals surface area contributed by atoms with E-state index in [0.29, 0.717) is 28.5 Å². The van der Waals surface area contributed by atoms with E-state index in [0.717, 1.165) is 10.9 Å². The first-order chi connectivity index (χ1) is 13.5. The number of nitrogens with zero attached hydrogens (tertiary/aromatic N) is 4. The minimum absolute atomic E-state index is 0.331. The Morgan fingerprint density at radius 3 is 2.64 bits per heavy atom. The molecule has 0 saturated carbocycles. The van der Waals surface area contributed by atoms with Crippen molar-refractivity contribution >= 4 is 22.6 Å². The zero-order valence-corrected chi connectivity index (χ0v) is 15.6. The van der Waals surface area contributed by atoms with E-state index < -0.39 is 0 Å².